The maximum Gasteiger partial charge on any atom is 0.247 e. The standard InChI is InChI=1S/C14H14N6O2S/c1-8(21)16-13-6-15-20(19-13)7-14(22)18-10-3-4-11-12(5-10)23-9(2)17-11/h3-6H,7H2,1-2H3,(H,18,22)(H,16,19,21). The van der Waals surface area contributed by atoms with Crippen LogP contribution in [0, 0.1) is 6.92 Å². The van der Waals surface area contributed by atoms with Crippen molar-refractivity contribution in [2.24, 2.45) is 0 Å². The van der Waals surface area contributed by atoms with Gasteiger partial charge in [0.05, 0.1) is 21.4 Å². The fourth-order valence-electron chi connectivity index (χ4n) is 2.06. The number of carbonyl (C=O) groups excluding carboxylic acids is 2. The molecule has 8 nitrogen and oxygen atoms in total. The smallest absolute Gasteiger partial charge is 0.247 e. The van der Waals surface area contributed by atoms with Gasteiger partial charge in [0.2, 0.25) is 11.8 Å². The lowest BCUT2D eigenvalue weighted by atomic mass is 10.3. The molecule has 2 aromatic heterocycles. The highest BCUT2D eigenvalue weighted by Crippen LogP contribution is 2.24. The lowest BCUT2D eigenvalue weighted by molar-refractivity contribution is -0.117. The molecule has 23 heavy (non-hydrogen) atoms. The minimum atomic E-state index is -0.254. The number of hydrogen-bond donors (Lipinski definition) is 2. The second kappa shape index (κ2) is 6.13. The Morgan fingerprint density at radius 1 is 1.30 bits per heavy atom. The molecule has 0 fully saturated rings. The average Bonchev–Trinajstić information content (AvgIpc) is 3.03. The van der Waals surface area contributed by atoms with E-state index in [0.29, 0.717) is 11.5 Å². The van der Waals surface area contributed by atoms with E-state index in [9.17, 15) is 9.59 Å². The predicted molar refractivity (Wildman–Crippen MR) is 87.3 cm³/mol. The van der Waals surface area contributed by atoms with E-state index in [2.05, 4.69) is 25.8 Å². The number of aryl methyl sites for hydroxylation is 1. The molecule has 0 saturated heterocycles. The number of amides is 2. The van der Waals surface area contributed by atoms with E-state index in [1.165, 1.54) is 17.9 Å². The van der Waals surface area contributed by atoms with Crippen molar-refractivity contribution in [1.29, 1.82) is 0 Å². The molecule has 0 spiro atoms. The van der Waals surface area contributed by atoms with Crippen molar-refractivity contribution in [3.63, 3.8) is 0 Å². The van der Waals surface area contributed by atoms with Gasteiger partial charge in [-0.2, -0.15) is 9.90 Å². The van der Waals surface area contributed by atoms with Gasteiger partial charge in [-0.3, -0.25) is 9.59 Å². The van der Waals surface area contributed by atoms with Gasteiger partial charge in [-0.05, 0) is 25.1 Å². The van der Waals surface area contributed by atoms with E-state index in [4.69, 9.17) is 0 Å². The first-order valence-corrected chi connectivity index (χ1v) is 7.66. The maximum absolute atomic E-state index is 12.0. The van der Waals surface area contributed by atoms with Gasteiger partial charge in [0, 0.05) is 12.6 Å². The number of hydrogen-bond acceptors (Lipinski definition) is 6. The van der Waals surface area contributed by atoms with Crippen LogP contribution in [0.4, 0.5) is 11.5 Å². The van der Waals surface area contributed by atoms with Gasteiger partial charge in [0.15, 0.2) is 5.82 Å². The molecule has 3 aromatic rings. The number of benzene rings is 1. The van der Waals surface area contributed by atoms with Gasteiger partial charge in [-0.1, -0.05) is 0 Å². The van der Waals surface area contributed by atoms with Crippen molar-refractivity contribution in [2.75, 3.05) is 10.6 Å². The lowest BCUT2D eigenvalue weighted by Crippen LogP contribution is -2.20. The number of carbonyl (C=O) groups is 2. The van der Waals surface area contributed by atoms with Crippen molar-refractivity contribution < 1.29 is 9.59 Å². The van der Waals surface area contributed by atoms with Crippen molar-refractivity contribution in [2.45, 2.75) is 20.4 Å². The number of aromatic nitrogens is 4. The molecule has 0 atom stereocenters. The van der Waals surface area contributed by atoms with Crippen LogP contribution in [0.15, 0.2) is 24.4 Å². The summed E-state index contributed by atoms with van der Waals surface area (Å²) >= 11 is 1.57. The minimum Gasteiger partial charge on any atom is -0.324 e. The summed E-state index contributed by atoms with van der Waals surface area (Å²) < 4.78 is 1.02. The van der Waals surface area contributed by atoms with Gasteiger partial charge < -0.3 is 10.6 Å². The maximum atomic E-state index is 12.0. The molecule has 0 saturated carbocycles. The molecular formula is C14H14N6O2S. The molecule has 2 N–H and O–H groups in total. The number of fused-ring (bicyclic) bond motifs is 1. The quantitative estimate of drug-likeness (QED) is 0.759. The highest BCUT2D eigenvalue weighted by Gasteiger charge is 2.09. The van der Waals surface area contributed by atoms with Gasteiger partial charge in [-0.15, -0.1) is 16.4 Å². The summed E-state index contributed by atoms with van der Waals surface area (Å²) in [6.07, 6.45) is 1.39. The number of anilines is 2. The summed E-state index contributed by atoms with van der Waals surface area (Å²) in [5.41, 5.74) is 1.61. The summed E-state index contributed by atoms with van der Waals surface area (Å²) in [5, 5.41) is 14.2. The van der Waals surface area contributed by atoms with Crippen molar-refractivity contribution in [3.8, 4) is 0 Å². The molecule has 0 unspecified atom stereocenters. The molecule has 2 heterocycles. The topological polar surface area (TPSA) is 102 Å². The number of nitrogens with zero attached hydrogens (tertiary/aromatic N) is 4. The molecule has 3 rings (SSSR count). The molecular weight excluding hydrogens is 316 g/mol. The largest absolute Gasteiger partial charge is 0.324 e. The SMILES string of the molecule is CC(=O)Nc1cnn(CC(=O)Nc2ccc3nc(C)sc3c2)n1. The average molecular weight is 330 g/mol. The molecule has 2 amide bonds. The zero-order chi connectivity index (χ0) is 16.4. The zero-order valence-corrected chi connectivity index (χ0v) is 13.3. The number of thiazole rings is 1. The first-order valence-electron chi connectivity index (χ1n) is 6.84. The highest BCUT2D eigenvalue weighted by molar-refractivity contribution is 7.18. The molecule has 9 heteroatoms. The van der Waals surface area contributed by atoms with Crippen LogP contribution in [0.25, 0.3) is 10.2 Å². The second-order valence-corrected chi connectivity index (χ2v) is 6.14. The Hall–Kier alpha value is -2.81. The minimum absolute atomic E-state index is 0.0423. The molecule has 0 aliphatic carbocycles. The van der Waals surface area contributed by atoms with Crippen LogP contribution in [-0.4, -0.2) is 31.8 Å². The van der Waals surface area contributed by atoms with Crippen molar-refractivity contribution >= 4 is 44.9 Å². The van der Waals surface area contributed by atoms with E-state index in [0.717, 1.165) is 15.2 Å². The summed E-state index contributed by atoms with van der Waals surface area (Å²) in [5.74, 6) is -0.183. The Morgan fingerprint density at radius 2 is 2.13 bits per heavy atom. The summed E-state index contributed by atoms with van der Waals surface area (Å²) in [6.45, 7) is 3.28. The van der Waals surface area contributed by atoms with Crippen LogP contribution in [0.2, 0.25) is 0 Å². The second-order valence-electron chi connectivity index (χ2n) is 4.90. The van der Waals surface area contributed by atoms with Crippen molar-refractivity contribution in [3.05, 3.63) is 29.4 Å². The Bertz CT molecular complexity index is 884. The van der Waals surface area contributed by atoms with E-state index in [1.54, 1.807) is 17.4 Å². The molecule has 0 radical (unpaired) electrons. The highest BCUT2D eigenvalue weighted by atomic mass is 32.1. The Labute approximate surface area is 135 Å². The lowest BCUT2D eigenvalue weighted by Gasteiger charge is -2.04. The zero-order valence-electron chi connectivity index (χ0n) is 12.5. The number of nitrogens with one attached hydrogen (secondary N) is 2. The Balaban J connectivity index is 1.65. The van der Waals surface area contributed by atoms with E-state index in [1.807, 2.05) is 19.1 Å². The third-order valence-corrected chi connectivity index (χ3v) is 3.84. The van der Waals surface area contributed by atoms with Gasteiger partial charge in [-0.25, -0.2) is 4.98 Å². The van der Waals surface area contributed by atoms with Crippen LogP contribution >= 0.6 is 11.3 Å². The Kier molecular flexibility index (Phi) is 4.02. The van der Waals surface area contributed by atoms with Gasteiger partial charge >= 0.3 is 0 Å². The summed E-state index contributed by atoms with van der Waals surface area (Å²) in [4.78, 5) is 28.6. The van der Waals surface area contributed by atoms with Crippen LogP contribution in [0.3, 0.4) is 0 Å². The third-order valence-electron chi connectivity index (χ3n) is 2.90. The van der Waals surface area contributed by atoms with Crippen LogP contribution in [-0.2, 0) is 16.1 Å². The first kappa shape index (κ1) is 15.1. The summed E-state index contributed by atoms with van der Waals surface area (Å²) in [7, 11) is 0. The fraction of sp³-hybridized carbons (Fsp3) is 0.214. The first-order chi connectivity index (χ1) is 11.0. The summed E-state index contributed by atoms with van der Waals surface area (Å²) in [6, 6.07) is 5.56. The van der Waals surface area contributed by atoms with Crippen molar-refractivity contribution in [1.82, 2.24) is 20.0 Å². The monoisotopic (exact) mass is 330 g/mol. The molecule has 0 bridgehead atoms. The van der Waals surface area contributed by atoms with E-state index in [-0.39, 0.29) is 18.4 Å². The Morgan fingerprint density at radius 3 is 2.91 bits per heavy atom. The number of rotatable bonds is 4. The van der Waals surface area contributed by atoms with E-state index < -0.39 is 0 Å². The predicted octanol–water partition coefficient (Wildman–Crippen LogP) is 1.79. The van der Waals surface area contributed by atoms with Crippen LogP contribution in [0.5, 0.6) is 0 Å². The van der Waals surface area contributed by atoms with Crippen LogP contribution in [0.1, 0.15) is 11.9 Å². The fourth-order valence-corrected chi connectivity index (χ4v) is 2.92. The normalized spacial score (nSPS) is 10.7. The molecule has 1 aromatic carbocycles. The van der Waals surface area contributed by atoms with Crippen LogP contribution < -0.4 is 10.6 Å². The molecule has 0 aliphatic rings. The van der Waals surface area contributed by atoms with E-state index >= 15 is 0 Å². The van der Waals surface area contributed by atoms with Gasteiger partial charge in [0.1, 0.15) is 6.54 Å². The molecule has 118 valence electrons. The molecule has 0 aliphatic heterocycles. The van der Waals surface area contributed by atoms with Gasteiger partial charge in [0.25, 0.3) is 0 Å². The third kappa shape index (κ3) is 3.69.